The van der Waals surface area contributed by atoms with Crippen LogP contribution in [0.5, 0.6) is 0 Å². The Balaban J connectivity index is 1.71. The first-order valence-corrected chi connectivity index (χ1v) is 12.2. The summed E-state index contributed by atoms with van der Waals surface area (Å²) in [6.45, 7) is 1.85. The highest BCUT2D eigenvalue weighted by molar-refractivity contribution is 7.99. The second-order valence-electron chi connectivity index (χ2n) is 7.39. The summed E-state index contributed by atoms with van der Waals surface area (Å²) in [7, 11) is 0. The van der Waals surface area contributed by atoms with Gasteiger partial charge in [0.2, 0.25) is 0 Å². The van der Waals surface area contributed by atoms with E-state index in [-0.39, 0.29) is 0 Å². The van der Waals surface area contributed by atoms with E-state index in [0.29, 0.717) is 42.3 Å². The van der Waals surface area contributed by atoms with Gasteiger partial charge in [-0.05, 0) is 62.7 Å². The van der Waals surface area contributed by atoms with Gasteiger partial charge >= 0.3 is 5.92 Å². The molecule has 1 fully saturated rings. The number of carbonyl (C=O) groups is 1. The van der Waals surface area contributed by atoms with Crippen molar-refractivity contribution >= 4 is 35.1 Å². The molecule has 29 heavy (non-hydrogen) atoms. The Labute approximate surface area is 179 Å². The third kappa shape index (κ3) is 4.94. The minimum absolute atomic E-state index is 0.291. The van der Waals surface area contributed by atoms with Crippen molar-refractivity contribution in [2.24, 2.45) is 5.92 Å². The Morgan fingerprint density at radius 3 is 2.34 bits per heavy atom. The number of thioether (sulfide) groups is 2. The van der Waals surface area contributed by atoms with Crippen molar-refractivity contribution in [3.8, 4) is 0 Å². The van der Waals surface area contributed by atoms with Crippen LogP contribution in [0.3, 0.4) is 0 Å². The van der Waals surface area contributed by atoms with Gasteiger partial charge in [-0.25, -0.2) is 4.98 Å². The van der Waals surface area contributed by atoms with Crippen molar-refractivity contribution < 1.29 is 13.6 Å². The fourth-order valence-electron chi connectivity index (χ4n) is 3.94. The largest absolute Gasteiger partial charge is 0.327 e. The first-order chi connectivity index (χ1) is 13.9. The highest BCUT2D eigenvalue weighted by Gasteiger charge is 2.48. The molecule has 0 saturated heterocycles. The number of aromatic nitrogens is 1. The van der Waals surface area contributed by atoms with Crippen molar-refractivity contribution in [2.45, 2.75) is 54.4 Å². The molecule has 1 N–H and O–H groups in total. The van der Waals surface area contributed by atoms with Gasteiger partial charge in [-0.3, -0.25) is 4.79 Å². The number of alkyl halides is 2. The molecule has 7 heteroatoms. The number of hydrogen-bond acceptors (Lipinski definition) is 4. The highest BCUT2D eigenvalue weighted by atomic mass is 32.2. The third-order valence-electron chi connectivity index (χ3n) is 5.54. The van der Waals surface area contributed by atoms with Crippen molar-refractivity contribution in [3.63, 3.8) is 0 Å². The van der Waals surface area contributed by atoms with Crippen LogP contribution in [0.1, 0.15) is 42.9 Å². The highest BCUT2D eigenvalue weighted by Crippen LogP contribution is 2.43. The van der Waals surface area contributed by atoms with Crippen LogP contribution in [0, 0.1) is 12.8 Å². The summed E-state index contributed by atoms with van der Waals surface area (Å²) < 4.78 is 30.0. The molecular formula is C22H26F2N2OS2. The van der Waals surface area contributed by atoms with Crippen LogP contribution in [-0.2, 0) is 4.79 Å². The molecule has 156 valence electrons. The van der Waals surface area contributed by atoms with Crippen LogP contribution < -0.4 is 5.32 Å². The first-order valence-electron chi connectivity index (χ1n) is 9.70. The zero-order chi connectivity index (χ0) is 21.0. The molecular weight excluding hydrogens is 410 g/mol. The van der Waals surface area contributed by atoms with Crippen LogP contribution >= 0.6 is 23.5 Å². The summed E-state index contributed by atoms with van der Waals surface area (Å²) in [5, 5.41) is 3.06. The lowest BCUT2D eigenvalue weighted by molar-refractivity contribution is -0.150. The van der Waals surface area contributed by atoms with Crippen LogP contribution in [0.2, 0.25) is 0 Å². The van der Waals surface area contributed by atoms with E-state index in [1.165, 1.54) is 29.1 Å². The van der Waals surface area contributed by atoms with Gasteiger partial charge in [0.15, 0.2) is 0 Å². The molecule has 3 nitrogen and oxygen atoms in total. The predicted molar refractivity (Wildman–Crippen MR) is 117 cm³/mol. The lowest BCUT2D eigenvalue weighted by Crippen LogP contribution is -2.43. The van der Waals surface area contributed by atoms with E-state index in [0.717, 1.165) is 10.6 Å². The maximum absolute atomic E-state index is 15.0. The fraction of sp³-hybridized carbons (Fsp3) is 0.455. The van der Waals surface area contributed by atoms with Crippen molar-refractivity contribution in [1.29, 1.82) is 0 Å². The van der Waals surface area contributed by atoms with E-state index >= 15 is 8.78 Å². The molecule has 3 rings (SSSR count). The number of halogens is 2. The summed E-state index contributed by atoms with van der Waals surface area (Å²) >= 11 is 2.75. The van der Waals surface area contributed by atoms with Gasteiger partial charge in [0, 0.05) is 16.5 Å². The Kier molecular flexibility index (Phi) is 7.22. The number of carbonyl (C=O) groups excluding carboxylic acids is 1. The smallest absolute Gasteiger partial charge is 0.318 e. The molecule has 1 aliphatic carbocycles. The molecule has 1 aromatic heterocycles. The van der Waals surface area contributed by atoms with E-state index in [9.17, 15) is 4.79 Å². The molecule has 1 heterocycles. The van der Waals surface area contributed by atoms with Crippen molar-refractivity contribution in [1.82, 2.24) is 4.98 Å². The molecule has 2 aromatic rings. The number of aryl methyl sites for hydroxylation is 1. The Morgan fingerprint density at radius 1 is 1.10 bits per heavy atom. The topological polar surface area (TPSA) is 42.0 Å². The van der Waals surface area contributed by atoms with Crippen LogP contribution in [0.4, 0.5) is 14.5 Å². The predicted octanol–water partition coefficient (Wildman–Crippen LogP) is 6.38. The quantitative estimate of drug-likeness (QED) is 0.534. The second-order valence-corrected chi connectivity index (χ2v) is 9.03. The van der Waals surface area contributed by atoms with E-state index < -0.39 is 17.7 Å². The number of pyridine rings is 1. The molecule has 0 bridgehead atoms. The lowest BCUT2D eigenvalue weighted by atomic mass is 9.76. The van der Waals surface area contributed by atoms with Gasteiger partial charge in [0.1, 0.15) is 5.03 Å². The summed E-state index contributed by atoms with van der Waals surface area (Å²) in [6, 6.07) is 11.8. The Morgan fingerprint density at radius 2 is 1.76 bits per heavy atom. The van der Waals surface area contributed by atoms with Gasteiger partial charge in [-0.2, -0.15) is 8.78 Å². The minimum Gasteiger partial charge on any atom is -0.318 e. The summed E-state index contributed by atoms with van der Waals surface area (Å²) in [4.78, 5) is 17.7. The molecule has 0 radical (unpaired) electrons. The number of nitrogens with zero attached hydrogens (tertiary/aromatic N) is 1. The van der Waals surface area contributed by atoms with Crippen molar-refractivity contribution in [3.05, 3.63) is 47.7 Å². The third-order valence-corrected chi connectivity index (χ3v) is 6.99. The number of anilines is 1. The summed E-state index contributed by atoms with van der Waals surface area (Å²) in [5.41, 5.74) is 2.37. The number of benzene rings is 1. The molecule has 1 saturated carbocycles. The van der Waals surface area contributed by atoms with E-state index in [1.54, 1.807) is 0 Å². The average molecular weight is 437 g/mol. The van der Waals surface area contributed by atoms with Gasteiger partial charge in [-0.15, -0.1) is 23.5 Å². The van der Waals surface area contributed by atoms with Gasteiger partial charge in [0.05, 0.1) is 5.69 Å². The summed E-state index contributed by atoms with van der Waals surface area (Å²) in [5.74, 6) is -5.27. The van der Waals surface area contributed by atoms with Crippen LogP contribution in [0.15, 0.2) is 46.3 Å². The molecule has 1 aromatic carbocycles. The Bertz CT molecular complexity index is 828. The zero-order valence-corrected chi connectivity index (χ0v) is 18.5. The van der Waals surface area contributed by atoms with E-state index in [4.69, 9.17) is 0 Å². The van der Waals surface area contributed by atoms with Crippen LogP contribution in [-0.4, -0.2) is 29.3 Å². The lowest BCUT2D eigenvalue weighted by Gasteiger charge is -2.33. The van der Waals surface area contributed by atoms with Gasteiger partial charge in [0.25, 0.3) is 5.91 Å². The Hall–Kier alpha value is -1.60. The van der Waals surface area contributed by atoms with Crippen molar-refractivity contribution in [2.75, 3.05) is 17.8 Å². The molecule has 1 amide bonds. The zero-order valence-electron chi connectivity index (χ0n) is 16.9. The van der Waals surface area contributed by atoms with E-state index in [2.05, 4.69) is 10.3 Å². The fourth-order valence-corrected chi connectivity index (χ4v) is 5.24. The number of rotatable bonds is 6. The molecule has 0 atom stereocenters. The number of nitrogens with one attached hydrogen (secondary N) is 1. The minimum atomic E-state index is -3.40. The standard InChI is InChI=1S/C22H26F2N2OS2/c1-14-13-18(28-2)19(20(25-14)29-3)26-21(27)22(23,24)17-11-9-16(10-12-17)15-7-5-4-6-8-15/h4-8,13,16-17H,9-12H2,1-3H3,(H,26,27). The number of hydrogen-bond donors (Lipinski definition) is 1. The first kappa shape index (κ1) is 22.1. The molecule has 1 aliphatic rings. The van der Waals surface area contributed by atoms with E-state index in [1.807, 2.05) is 55.8 Å². The summed E-state index contributed by atoms with van der Waals surface area (Å²) in [6.07, 6.45) is 5.72. The normalized spacial score (nSPS) is 19.8. The monoisotopic (exact) mass is 436 g/mol. The second kappa shape index (κ2) is 9.47. The molecule has 0 aliphatic heterocycles. The molecule has 0 spiro atoms. The maximum Gasteiger partial charge on any atom is 0.327 e. The van der Waals surface area contributed by atoms with Gasteiger partial charge < -0.3 is 5.32 Å². The molecule has 0 unspecified atom stereocenters. The van der Waals surface area contributed by atoms with Gasteiger partial charge in [-0.1, -0.05) is 30.3 Å². The van der Waals surface area contributed by atoms with Crippen LogP contribution in [0.25, 0.3) is 0 Å². The maximum atomic E-state index is 15.0. The average Bonchev–Trinajstić information content (AvgIpc) is 2.75. The number of amides is 1. The SMILES string of the molecule is CSc1cc(C)nc(SC)c1NC(=O)C(F)(F)C1CCC(c2ccccc2)CC1.